The van der Waals surface area contributed by atoms with E-state index in [1.54, 1.807) is 0 Å². The molecule has 2 unspecified atom stereocenters. The van der Waals surface area contributed by atoms with Gasteiger partial charge in [-0.3, -0.25) is 4.79 Å². The van der Waals surface area contributed by atoms with Gasteiger partial charge in [-0.1, -0.05) is 0 Å². The van der Waals surface area contributed by atoms with Crippen LogP contribution < -0.4 is 5.32 Å². The molecule has 1 N–H and O–H groups in total. The molecule has 17 heavy (non-hydrogen) atoms. The first-order chi connectivity index (χ1) is 7.92. The highest BCUT2D eigenvalue weighted by atomic mass is 16.6. The topological polar surface area (TPSA) is 62.1 Å². The van der Waals surface area contributed by atoms with Gasteiger partial charge in [-0.25, -0.2) is 0 Å². The van der Waals surface area contributed by atoms with Crippen molar-refractivity contribution in [3.8, 4) is 6.07 Å². The zero-order chi connectivity index (χ0) is 12.9. The van der Waals surface area contributed by atoms with Crippen LogP contribution in [0.4, 0.5) is 0 Å². The maximum atomic E-state index is 11.7. The van der Waals surface area contributed by atoms with Crippen molar-refractivity contribution in [2.75, 3.05) is 13.1 Å². The molecule has 0 aliphatic carbocycles. The number of esters is 1. The van der Waals surface area contributed by atoms with Gasteiger partial charge in [0.15, 0.2) is 0 Å². The third-order valence-corrected chi connectivity index (χ3v) is 2.97. The summed E-state index contributed by atoms with van der Waals surface area (Å²) < 4.78 is 5.31. The third kappa shape index (κ3) is 5.18. The summed E-state index contributed by atoms with van der Waals surface area (Å²) in [4.78, 5) is 11.7. The molecule has 4 heteroatoms. The zero-order valence-corrected chi connectivity index (χ0v) is 11.0. The first kappa shape index (κ1) is 14.0. The Kier molecular flexibility index (Phi) is 4.95. The van der Waals surface area contributed by atoms with Crippen LogP contribution in [0.3, 0.4) is 0 Å². The highest BCUT2D eigenvalue weighted by Gasteiger charge is 2.28. The van der Waals surface area contributed by atoms with E-state index in [0.29, 0.717) is 18.8 Å². The third-order valence-electron chi connectivity index (χ3n) is 2.97. The molecule has 0 aromatic carbocycles. The van der Waals surface area contributed by atoms with E-state index in [1.165, 1.54) is 0 Å². The summed E-state index contributed by atoms with van der Waals surface area (Å²) >= 11 is 0. The minimum Gasteiger partial charge on any atom is -0.460 e. The van der Waals surface area contributed by atoms with Crippen molar-refractivity contribution in [3.05, 3.63) is 0 Å². The van der Waals surface area contributed by atoms with Crippen molar-refractivity contribution < 1.29 is 9.53 Å². The van der Waals surface area contributed by atoms with E-state index in [1.807, 2.05) is 20.8 Å². The molecule has 1 rings (SSSR count). The van der Waals surface area contributed by atoms with E-state index in [9.17, 15) is 4.79 Å². The normalized spacial score (nSPS) is 21.9. The van der Waals surface area contributed by atoms with Crippen molar-refractivity contribution in [1.82, 2.24) is 5.32 Å². The van der Waals surface area contributed by atoms with Gasteiger partial charge in [0.1, 0.15) is 5.60 Å². The second kappa shape index (κ2) is 6.02. The Balaban J connectivity index is 2.49. The molecule has 0 spiro atoms. The second-order valence-electron chi connectivity index (χ2n) is 5.67. The first-order valence-corrected chi connectivity index (χ1v) is 6.22. The van der Waals surface area contributed by atoms with Crippen molar-refractivity contribution in [2.24, 2.45) is 11.8 Å². The lowest BCUT2D eigenvalue weighted by Gasteiger charge is -2.23. The molecule has 1 fully saturated rings. The van der Waals surface area contributed by atoms with E-state index in [0.717, 1.165) is 19.5 Å². The smallest absolute Gasteiger partial charge is 0.306 e. The fourth-order valence-corrected chi connectivity index (χ4v) is 2.20. The molecule has 0 amide bonds. The van der Waals surface area contributed by atoms with Crippen LogP contribution in [0, 0.1) is 23.2 Å². The van der Waals surface area contributed by atoms with E-state index >= 15 is 0 Å². The Labute approximate surface area is 103 Å². The van der Waals surface area contributed by atoms with Crippen LogP contribution in [-0.4, -0.2) is 24.7 Å². The molecule has 0 saturated carbocycles. The standard InChI is InChI=1S/C13H22N2O2/c1-13(2,3)17-12(16)8-10(4-6-14)11-5-7-15-9-11/h10-11,15H,4-5,7-9H2,1-3H3. The van der Waals surface area contributed by atoms with Gasteiger partial charge in [0.25, 0.3) is 0 Å². The second-order valence-corrected chi connectivity index (χ2v) is 5.67. The summed E-state index contributed by atoms with van der Waals surface area (Å²) in [5.41, 5.74) is -0.442. The highest BCUT2D eigenvalue weighted by molar-refractivity contribution is 5.70. The fourth-order valence-electron chi connectivity index (χ4n) is 2.20. The van der Waals surface area contributed by atoms with Crippen molar-refractivity contribution >= 4 is 5.97 Å². The Bertz CT molecular complexity index is 296. The maximum absolute atomic E-state index is 11.7. The van der Waals surface area contributed by atoms with E-state index < -0.39 is 5.60 Å². The Morgan fingerprint density at radius 3 is 2.76 bits per heavy atom. The van der Waals surface area contributed by atoms with Gasteiger partial charge in [-0.2, -0.15) is 5.26 Å². The average molecular weight is 238 g/mol. The molecule has 1 aliphatic heterocycles. The van der Waals surface area contributed by atoms with Gasteiger partial charge in [0, 0.05) is 12.8 Å². The molecule has 0 aromatic rings. The molecular weight excluding hydrogens is 216 g/mol. The molecule has 96 valence electrons. The average Bonchev–Trinajstić information content (AvgIpc) is 2.66. The number of nitrogens with zero attached hydrogens (tertiary/aromatic N) is 1. The minimum atomic E-state index is -0.442. The molecule has 0 radical (unpaired) electrons. The van der Waals surface area contributed by atoms with Gasteiger partial charge in [0.05, 0.1) is 6.07 Å². The summed E-state index contributed by atoms with van der Waals surface area (Å²) in [7, 11) is 0. The van der Waals surface area contributed by atoms with Crippen LogP contribution >= 0.6 is 0 Å². The molecule has 4 nitrogen and oxygen atoms in total. The van der Waals surface area contributed by atoms with Gasteiger partial charge in [0.2, 0.25) is 0 Å². The van der Waals surface area contributed by atoms with E-state index in [-0.39, 0.29) is 11.9 Å². The lowest BCUT2D eigenvalue weighted by atomic mass is 9.86. The predicted molar refractivity (Wildman–Crippen MR) is 65.2 cm³/mol. The highest BCUT2D eigenvalue weighted by Crippen LogP contribution is 2.26. The molecule has 1 heterocycles. The molecule has 1 saturated heterocycles. The number of hydrogen-bond donors (Lipinski definition) is 1. The lowest BCUT2D eigenvalue weighted by molar-refractivity contribution is -0.156. The summed E-state index contributed by atoms with van der Waals surface area (Å²) in [6.45, 7) is 7.49. The Hall–Kier alpha value is -1.08. The van der Waals surface area contributed by atoms with Gasteiger partial charge in [-0.05, 0) is 52.1 Å². The summed E-state index contributed by atoms with van der Waals surface area (Å²) in [6, 6.07) is 2.18. The summed E-state index contributed by atoms with van der Waals surface area (Å²) in [6.07, 6.45) is 1.85. The summed E-state index contributed by atoms with van der Waals surface area (Å²) in [5.74, 6) is 0.372. The fraction of sp³-hybridized carbons (Fsp3) is 0.846. The van der Waals surface area contributed by atoms with Crippen LogP contribution in [0.5, 0.6) is 0 Å². The Morgan fingerprint density at radius 1 is 1.59 bits per heavy atom. The van der Waals surface area contributed by atoms with Gasteiger partial charge < -0.3 is 10.1 Å². The number of nitriles is 1. The van der Waals surface area contributed by atoms with Crippen molar-refractivity contribution in [1.29, 1.82) is 5.26 Å². The van der Waals surface area contributed by atoms with Gasteiger partial charge in [-0.15, -0.1) is 0 Å². The summed E-state index contributed by atoms with van der Waals surface area (Å²) in [5, 5.41) is 12.1. The maximum Gasteiger partial charge on any atom is 0.306 e. The largest absolute Gasteiger partial charge is 0.460 e. The predicted octanol–water partition coefficient (Wildman–Crippen LogP) is 1.86. The molecule has 0 bridgehead atoms. The number of ether oxygens (including phenoxy) is 1. The molecular formula is C13H22N2O2. The number of carbonyl (C=O) groups is 1. The van der Waals surface area contributed by atoms with Crippen molar-refractivity contribution in [2.45, 2.75) is 45.6 Å². The number of rotatable bonds is 4. The van der Waals surface area contributed by atoms with Crippen LogP contribution in [0.15, 0.2) is 0 Å². The lowest BCUT2D eigenvalue weighted by Crippen LogP contribution is -2.27. The van der Waals surface area contributed by atoms with Gasteiger partial charge >= 0.3 is 5.97 Å². The number of hydrogen-bond acceptors (Lipinski definition) is 4. The van der Waals surface area contributed by atoms with Crippen LogP contribution in [0.25, 0.3) is 0 Å². The first-order valence-electron chi connectivity index (χ1n) is 6.22. The van der Waals surface area contributed by atoms with E-state index in [4.69, 9.17) is 10.00 Å². The van der Waals surface area contributed by atoms with Crippen molar-refractivity contribution in [3.63, 3.8) is 0 Å². The quantitative estimate of drug-likeness (QED) is 0.759. The minimum absolute atomic E-state index is 0.129. The van der Waals surface area contributed by atoms with E-state index in [2.05, 4.69) is 11.4 Å². The monoisotopic (exact) mass is 238 g/mol. The molecule has 2 atom stereocenters. The molecule has 1 aliphatic rings. The molecule has 0 aromatic heterocycles. The van der Waals surface area contributed by atoms with Crippen LogP contribution in [-0.2, 0) is 9.53 Å². The van der Waals surface area contributed by atoms with Crippen LogP contribution in [0.1, 0.15) is 40.0 Å². The number of nitrogens with one attached hydrogen (secondary N) is 1. The Morgan fingerprint density at radius 2 is 2.29 bits per heavy atom. The van der Waals surface area contributed by atoms with Crippen LogP contribution in [0.2, 0.25) is 0 Å². The zero-order valence-electron chi connectivity index (χ0n) is 11.0. The number of carbonyl (C=O) groups excluding carboxylic acids is 1. The SMILES string of the molecule is CC(C)(C)OC(=O)CC(CC#N)C1CCNC1.